The minimum Gasteiger partial charge on any atom is -0.377 e. The molecule has 1 atom stereocenters. The monoisotopic (exact) mass is 266 g/mol. The Kier molecular flexibility index (Phi) is 4.93. The molecule has 5 nitrogen and oxygen atoms in total. The summed E-state index contributed by atoms with van der Waals surface area (Å²) in [6.45, 7) is 2.96. The Morgan fingerprint density at radius 2 is 2.16 bits per heavy atom. The molecule has 1 aromatic heterocycles. The van der Waals surface area contributed by atoms with Crippen LogP contribution in [0.15, 0.2) is 6.33 Å². The van der Waals surface area contributed by atoms with Gasteiger partial charge in [-0.05, 0) is 26.8 Å². The van der Waals surface area contributed by atoms with Crippen LogP contribution in [0, 0.1) is 0 Å². The predicted molar refractivity (Wildman–Crippen MR) is 75.1 cm³/mol. The average molecular weight is 266 g/mol. The summed E-state index contributed by atoms with van der Waals surface area (Å²) >= 11 is 0. The lowest BCUT2D eigenvalue weighted by Crippen LogP contribution is -2.53. The standard InChI is InChI=1S/C14H26N4O/c1-4-18-13(16-11-17-18)10-12(15-2)14(19-3)8-6-5-7-9-14/h11-12,15H,4-10H2,1-3H3. The van der Waals surface area contributed by atoms with E-state index in [0.717, 1.165) is 31.6 Å². The van der Waals surface area contributed by atoms with Gasteiger partial charge in [-0.3, -0.25) is 4.68 Å². The Morgan fingerprint density at radius 1 is 1.42 bits per heavy atom. The Morgan fingerprint density at radius 3 is 2.74 bits per heavy atom. The van der Waals surface area contributed by atoms with Gasteiger partial charge in [0.25, 0.3) is 0 Å². The molecule has 1 aliphatic rings. The Labute approximate surface area is 115 Å². The van der Waals surface area contributed by atoms with E-state index in [4.69, 9.17) is 4.74 Å². The molecular formula is C14H26N4O. The van der Waals surface area contributed by atoms with Crippen LogP contribution in [0.3, 0.4) is 0 Å². The van der Waals surface area contributed by atoms with Gasteiger partial charge in [0.15, 0.2) is 0 Å². The number of rotatable bonds is 6. The SMILES string of the molecule is CCn1ncnc1CC(NC)C1(OC)CCCCC1. The largest absolute Gasteiger partial charge is 0.377 e. The second kappa shape index (κ2) is 6.48. The predicted octanol–water partition coefficient (Wildman–Crippen LogP) is 1.78. The van der Waals surface area contributed by atoms with E-state index in [1.165, 1.54) is 19.3 Å². The number of aryl methyl sites for hydroxylation is 1. The lowest BCUT2D eigenvalue weighted by molar-refractivity contribution is -0.0662. The van der Waals surface area contributed by atoms with Crippen LogP contribution >= 0.6 is 0 Å². The molecule has 1 saturated carbocycles. The Balaban J connectivity index is 2.14. The van der Waals surface area contributed by atoms with Crippen molar-refractivity contribution in [3.63, 3.8) is 0 Å². The molecule has 0 saturated heterocycles. The number of methoxy groups -OCH3 is 1. The number of nitrogens with one attached hydrogen (secondary N) is 1. The minimum absolute atomic E-state index is 0.0441. The fourth-order valence-corrected chi connectivity index (χ4v) is 3.29. The lowest BCUT2D eigenvalue weighted by Gasteiger charge is -2.42. The van der Waals surface area contributed by atoms with Gasteiger partial charge in [0, 0.05) is 26.1 Å². The summed E-state index contributed by atoms with van der Waals surface area (Å²) < 4.78 is 7.90. The van der Waals surface area contributed by atoms with E-state index in [1.54, 1.807) is 6.33 Å². The number of ether oxygens (including phenoxy) is 1. The van der Waals surface area contributed by atoms with Crippen molar-refractivity contribution >= 4 is 0 Å². The molecule has 0 radical (unpaired) electrons. The molecule has 108 valence electrons. The van der Waals surface area contributed by atoms with Crippen LogP contribution in [0.1, 0.15) is 44.9 Å². The zero-order chi connectivity index (χ0) is 13.7. The molecule has 0 aliphatic heterocycles. The highest BCUT2D eigenvalue weighted by Crippen LogP contribution is 2.35. The highest BCUT2D eigenvalue weighted by atomic mass is 16.5. The van der Waals surface area contributed by atoms with E-state index in [9.17, 15) is 0 Å². The molecule has 0 amide bonds. The summed E-state index contributed by atoms with van der Waals surface area (Å²) in [6.07, 6.45) is 8.63. The molecule has 0 aromatic carbocycles. The third-order valence-corrected chi connectivity index (χ3v) is 4.47. The van der Waals surface area contributed by atoms with Gasteiger partial charge in [0.2, 0.25) is 0 Å². The highest BCUT2D eigenvalue weighted by Gasteiger charge is 2.39. The van der Waals surface area contributed by atoms with E-state index in [0.29, 0.717) is 6.04 Å². The van der Waals surface area contributed by atoms with Crippen molar-refractivity contribution in [2.45, 2.75) is 63.6 Å². The summed E-state index contributed by atoms with van der Waals surface area (Å²) in [5, 5.41) is 7.70. The second-order valence-electron chi connectivity index (χ2n) is 5.37. The van der Waals surface area contributed by atoms with Gasteiger partial charge in [-0.1, -0.05) is 19.3 Å². The quantitative estimate of drug-likeness (QED) is 0.852. The molecule has 1 unspecified atom stereocenters. The zero-order valence-corrected chi connectivity index (χ0v) is 12.4. The van der Waals surface area contributed by atoms with Crippen LogP contribution in [-0.2, 0) is 17.7 Å². The van der Waals surface area contributed by atoms with Crippen LogP contribution in [0.25, 0.3) is 0 Å². The first-order valence-electron chi connectivity index (χ1n) is 7.35. The van der Waals surface area contributed by atoms with Gasteiger partial charge >= 0.3 is 0 Å². The van der Waals surface area contributed by atoms with E-state index < -0.39 is 0 Å². The van der Waals surface area contributed by atoms with E-state index >= 15 is 0 Å². The first-order chi connectivity index (χ1) is 9.25. The first-order valence-corrected chi connectivity index (χ1v) is 7.35. The van der Waals surface area contributed by atoms with Crippen molar-refractivity contribution in [3.05, 3.63) is 12.2 Å². The summed E-state index contributed by atoms with van der Waals surface area (Å²) in [7, 11) is 3.87. The maximum atomic E-state index is 5.93. The van der Waals surface area contributed by atoms with E-state index in [1.807, 2.05) is 18.8 Å². The summed E-state index contributed by atoms with van der Waals surface area (Å²) in [4.78, 5) is 4.39. The highest BCUT2D eigenvalue weighted by molar-refractivity contribution is 5.01. The molecule has 19 heavy (non-hydrogen) atoms. The maximum absolute atomic E-state index is 5.93. The Hall–Kier alpha value is -0.940. The summed E-state index contributed by atoms with van der Waals surface area (Å²) in [5.74, 6) is 1.05. The molecule has 0 bridgehead atoms. The van der Waals surface area contributed by atoms with Gasteiger partial charge in [0.05, 0.1) is 5.60 Å². The maximum Gasteiger partial charge on any atom is 0.138 e. The average Bonchev–Trinajstić information content (AvgIpc) is 2.92. The van der Waals surface area contributed by atoms with Gasteiger partial charge in [-0.15, -0.1) is 0 Å². The molecule has 1 fully saturated rings. The summed E-state index contributed by atoms with van der Waals surface area (Å²) in [6, 6.07) is 0.298. The van der Waals surface area contributed by atoms with Crippen molar-refractivity contribution < 1.29 is 4.74 Å². The van der Waals surface area contributed by atoms with Gasteiger partial charge < -0.3 is 10.1 Å². The van der Waals surface area contributed by atoms with Crippen LogP contribution in [0.2, 0.25) is 0 Å². The number of hydrogen-bond acceptors (Lipinski definition) is 4. The smallest absolute Gasteiger partial charge is 0.138 e. The minimum atomic E-state index is -0.0441. The van der Waals surface area contributed by atoms with Gasteiger partial charge in [0.1, 0.15) is 12.2 Å². The molecular weight excluding hydrogens is 240 g/mol. The van der Waals surface area contributed by atoms with Gasteiger partial charge in [-0.2, -0.15) is 5.10 Å². The Bertz CT molecular complexity index is 385. The van der Waals surface area contributed by atoms with Crippen molar-refractivity contribution in [3.8, 4) is 0 Å². The molecule has 0 spiro atoms. The lowest BCUT2D eigenvalue weighted by atomic mass is 9.78. The summed E-state index contributed by atoms with van der Waals surface area (Å²) in [5.41, 5.74) is -0.0441. The van der Waals surface area contributed by atoms with Gasteiger partial charge in [-0.25, -0.2) is 4.98 Å². The van der Waals surface area contributed by atoms with Crippen LogP contribution in [0.5, 0.6) is 0 Å². The van der Waals surface area contributed by atoms with Crippen molar-refractivity contribution in [2.24, 2.45) is 0 Å². The molecule has 5 heteroatoms. The first kappa shape index (κ1) is 14.5. The van der Waals surface area contributed by atoms with Crippen LogP contribution in [0.4, 0.5) is 0 Å². The van der Waals surface area contributed by atoms with Crippen molar-refractivity contribution in [1.29, 1.82) is 0 Å². The fourth-order valence-electron chi connectivity index (χ4n) is 3.29. The molecule has 1 aliphatic carbocycles. The third-order valence-electron chi connectivity index (χ3n) is 4.47. The topological polar surface area (TPSA) is 52.0 Å². The van der Waals surface area contributed by atoms with Crippen molar-refractivity contribution in [1.82, 2.24) is 20.1 Å². The van der Waals surface area contributed by atoms with Crippen LogP contribution in [-0.4, -0.2) is 40.6 Å². The fraction of sp³-hybridized carbons (Fsp3) is 0.857. The molecule has 1 aromatic rings. The van der Waals surface area contributed by atoms with Crippen molar-refractivity contribution in [2.75, 3.05) is 14.2 Å². The molecule has 1 heterocycles. The normalized spacial score (nSPS) is 20.4. The second-order valence-corrected chi connectivity index (χ2v) is 5.37. The zero-order valence-electron chi connectivity index (χ0n) is 12.4. The number of nitrogens with zero attached hydrogens (tertiary/aromatic N) is 3. The van der Waals surface area contributed by atoms with E-state index in [2.05, 4.69) is 22.3 Å². The number of likely N-dealkylation sites (N-methyl/N-ethyl adjacent to an activating group) is 1. The number of hydrogen-bond donors (Lipinski definition) is 1. The molecule has 1 N–H and O–H groups in total. The third kappa shape index (κ3) is 2.98. The molecule has 2 rings (SSSR count). The van der Waals surface area contributed by atoms with E-state index in [-0.39, 0.29) is 5.60 Å². The number of aromatic nitrogens is 3. The van der Waals surface area contributed by atoms with Crippen LogP contribution < -0.4 is 5.32 Å².